The van der Waals surface area contributed by atoms with Crippen LogP contribution in [0.5, 0.6) is 0 Å². The monoisotopic (exact) mass is 263 g/mol. The second-order valence-corrected chi connectivity index (χ2v) is 3.48. The van der Waals surface area contributed by atoms with Crippen LogP contribution in [-0.2, 0) is 0 Å². The van der Waals surface area contributed by atoms with E-state index < -0.39 is 18.4 Å². The van der Waals surface area contributed by atoms with Crippen LogP contribution in [0.4, 0.5) is 8.78 Å². The van der Waals surface area contributed by atoms with E-state index in [1.165, 1.54) is 18.2 Å². The third kappa shape index (κ3) is 2.77. The molecule has 0 unspecified atom stereocenters. The molecule has 0 heterocycles. The molecule has 0 aliphatic heterocycles. The highest BCUT2D eigenvalue weighted by Crippen LogP contribution is 2.15. The second kappa shape index (κ2) is 5.05. The molecule has 14 heavy (non-hydrogen) atoms. The Kier molecular flexibility index (Phi) is 4.00. The van der Waals surface area contributed by atoms with Gasteiger partial charge in [0.2, 0.25) is 0 Å². The van der Waals surface area contributed by atoms with E-state index in [0.29, 0.717) is 4.47 Å². The molecule has 1 amide bonds. The van der Waals surface area contributed by atoms with E-state index in [9.17, 15) is 13.6 Å². The number of carbonyl (C=O) groups is 1. The van der Waals surface area contributed by atoms with Gasteiger partial charge in [-0.05, 0) is 18.2 Å². The van der Waals surface area contributed by atoms with Crippen molar-refractivity contribution in [1.82, 2.24) is 5.32 Å². The van der Waals surface area contributed by atoms with Gasteiger partial charge in [-0.1, -0.05) is 15.9 Å². The summed E-state index contributed by atoms with van der Waals surface area (Å²) in [7, 11) is 0. The summed E-state index contributed by atoms with van der Waals surface area (Å²) in [5, 5.41) is 2.24. The average molecular weight is 264 g/mol. The van der Waals surface area contributed by atoms with Gasteiger partial charge >= 0.3 is 0 Å². The van der Waals surface area contributed by atoms with E-state index in [1.54, 1.807) is 0 Å². The number of benzene rings is 1. The summed E-state index contributed by atoms with van der Waals surface area (Å²) in [6.45, 7) is -0.772. The second-order valence-electron chi connectivity index (χ2n) is 2.57. The van der Waals surface area contributed by atoms with Crippen LogP contribution >= 0.6 is 15.9 Å². The zero-order valence-electron chi connectivity index (χ0n) is 7.19. The summed E-state index contributed by atoms with van der Waals surface area (Å²) in [6.07, 6.45) is 0. The van der Waals surface area contributed by atoms with Gasteiger partial charge in [0.1, 0.15) is 12.5 Å². The van der Waals surface area contributed by atoms with E-state index in [1.807, 2.05) is 0 Å². The molecule has 1 N–H and O–H groups in total. The molecular weight excluding hydrogens is 256 g/mol. The van der Waals surface area contributed by atoms with Crippen LogP contribution in [0.3, 0.4) is 0 Å². The molecule has 0 bridgehead atoms. The molecule has 0 atom stereocenters. The van der Waals surface area contributed by atoms with Crippen LogP contribution in [0.25, 0.3) is 0 Å². The summed E-state index contributed by atoms with van der Waals surface area (Å²) in [5.74, 6) is -1.23. The molecule has 1 aromatic carbocycles. The van der Waals surface area contributed by atoms with Crippen molar-refractivity contribution < 1.29 is 13.6 Å². The maximum Gasteiger partial charge on any atom is 0.254 e. The molecule has 5 heteroatoms. The quantitative estimate of drug-likeness (QED) is 0.891. The Labute approximate surface area is 88.4 Å². The Bertz CT molecular complexity index is 344. The van der Waals surface area contributed by atoms with Gasteiger partial charge < -0.3 is 5.32 Å². The molecule has 0 saturated carbocycles. The number of hydrogen-bond acceptors (Lipinski definition) is 1. The number of alkyl halides is 1. The highest BCUT2D eigenvalue weighted by atomic mass is 79.9. The zero-order chi connectivity index (χ0) is 10.6. The first-order chi connectivity index (χ1) is 6.65. The van der Waals surface area contributed by atoms with Crippen LogP contribution < -0.4 is 5.32 Å². The van der Waals surface area contributed by atoms with Crippen molar-refractivity contribution in [2.24, 2.45) is 0 Å². The number of hydrogen-bond donors (Lipinski definition) is 1. The molecule has 0 aromatic heterocycles. The first kappa shape index (κ1) is 11.1. The molecule has 0 saturated heterocycles. The standard InChI is InChI=1S/C9H8BrF2NO/c10-6-1-2-8(12)7(5-6)9(14)13-4-3-11/h1-2,5H,3-4H2,(H,13,14). The summed E-state index contributed by atoms with van der Waals surface area (Å²) < 4.78 is 25.4. The van der Waals surface area contributed by atoms with Crippen molar-refractivity contribution in [3.8, 4) is 0 Å². The molecule has 76 valence electrons. The maximum absolute atomic E-state index is 13.1. The Balaban J connectivity index is 2.83. The summed E-state index contributed by atoms with van der Waals surface area (Å²) in [4.78, 5) is 11.2. The molecular formula is C9H8BrF2NO. The summed E-state index contributed by atoms with van der Waals surface area (Å²) in [6, 6.07) is 4.01. The van der Waals surface area contributed by atoms with Gasteiger partial charge in [-0.3, -0.25) is 4.79 Å². The topological polar surface area (TPSA) is 29.1 Å². The van der Waals surface area contributed by atoms with Crippen molar-refractivity contribution in [2.75, 3.05) is 13.2 Å². The third-order valence-electron chi connectivity index (χ3n) is 1.55. The number of rotatable bonds is 3. The Morgan fingerprint density at radius 3 is 2.86 bits per heavy atom. The lowest BCUT2D eigenvalue weighted by molar-refractivity contribution is 0.0946. The van der Waals surface area contributed by atoms with E-state index in [-0.39, 0.29) is 12.1 Å². The van der Waals surface area contributed by atoms with Crippen LogP contribution in [0.15, 0.2) is 22.7 Å². The lowest BCUT2D eigenvalue weighted by atomic mass is 10.2. The maximum atomic E-state index is 13.1. The predicted molar refractivity (Wildman–Crippen MR) is 52.4 cm³/mol. The molecule has 0 radical (unpaired) electrons. The van der Waals surface area contributed by atoms with E-state index in [2.05, 4.69) is 21.2 Å². The molecule has 2 nitrogen and oxygen atoms in total. The molecule has 1 rings (SSSR count). The third-order valence-corrected chi connectivity index (χ3v) is 2.05. The largest absolute Gasteiger partial charge is 0.349 e. The summed E-state index contributed by atoms with van der Waals surface area (Å²) >= 11 is 3.11. The van der Waals surface area contributed by atoms with Crippen molar-refractivity contribution in [3.05, 3.63) is 34.1 Å². The minimum atomic E-state index is -0.665. The molecule has 0 aliphatic carbocycles. The molecule has 0 aliphatic rings. The molecule has 0 fully saturated rings. The lowest BCUT2D eigenvalue weighted by Gasteiger charge is -2.04. The van der Waals surface area contributed by atoms with Gasteiger partial charge in [0.25, 0.3) is 5.91 Å². The molecule has 1 aromatic rings. The Hall–Kier alpha value is -0.970. The number of nitrogens with one attached hydrogen (secondary N) is 1. The van der Waals surface area contributed by atoms with Crippen molar-refractivity contribution in [2.45, 2.75) is 0 Å². The van der Waals surface area contributed by atoms with Gasteiger partial charge in [0, 0.05) is 11.0 Å². The van der Waals surface area contributed by atoms with Gasteiger partial charge in [-0.15, -0.1) is 0 Å². The molecule has 0 spiro atoms. The predicted octanol–water partition coefficient (Wildman–Crippen LogP) is 2.29. The van der Waals surface area contributed by atoms with Crippen molar-refractivity contribution in [3.63, 3.8) is 0 Å². The van der Waals surface area contributed by atoms with Crippen LogP contribution in [0, 0.1) is 5.82 Å². The van der Waals surface area contributed by atoms with Crippen molar-refractivity contribution in [1.29, 1.82) is 0 Å². The van der Waals surface area contributed by atoms with E-state index in [4.69, 9.17) is 0 Å². The number of halogens is 3. The number of carbonyl (C=O) groups excluding carboxylic acids is 1. The van der Waals surface area contributed by atoms with Gasteiger partial charge in [-0.25, -0.2) is 8.78 Å². The average Bonchev–Trinajstić information content (AvgIpc) is 2.18. The van der Waals surface area contributed by atoms with Crippen LogP contribution in [-0.4, -0.2) is 19.1 Å². The van der Waals surface area contributed by atoms with E-state index in [0.717, 1.165) is 0 Å². The fourth-order valence-corrected chi connectivity index (χ4v) is 1.29. The van der Waals surface area contributed by atoms with Crippen molar-refractivity contribution >= 4 is 21.8 Å². The fourth-order valence-electron chi connectivity index (χ4n) is 0.928. The van der Waals surface area contributed by atoms with Crippen LogP contribution in [0.2, 0.25) is 0 Å². The highest BCUT2D eigenvalue weighted by Gasteiger charge is 2.10. The van der Waals surface area contributed by atoms with Gasteiger partial charge in [0.15, 0.2) is 0 Å². The van der Waals surface area contributed by atoms with Gasteiger partial charge in [0.05, 0.1) is 5.56 Å². The Morgan fingerprint density at radius 1 is 1.50 bits per heavy atom. The first-order valence-electron chi connectivity index (χ1n) is 3.94. The van der Waals surface area contributed by atoms with Gasteiger partial charge in [-0.2, -0.15) is 0 Å². The smallest absolute Gasteiger partial charge is 0.254 e. The number of amides is 1. The fraction of sp³-hybridized carbons (Fsp3) is 0.222. The lowest BCUT2D eigenvalue weighted by Crippen LogP contribution is -2.26. The Morgan fingerprint density at radius 2 is 2.21 bits per heavy atom. The first-order valence-corrected chi connectivity index (χ1v) is 4.73. The SMILES string of the molecule is O=C(NCCF)c1cc(Br)ccc1F. The highest BCUT2D eigenvalue weighted by molar-refractivity contribution is 9.10. The normalized spacial score (nSPS) is 9.93. The minimum Gasteiger partial charge on any atom is -0.349 e. The summed E-state index contributed by atoms with van der Waals surface area (Å²) in [5.41, 5.74) is -0.0900. The van der Waals surface area contributed by atoms with E-state index >= 15 is 0 Å². The minimum absolute atomic E-state index is 0.0900. The zero-order valence-corrected chi connectivity index (χ0v) is 8.77. The van der Waals surface area contributed by atoms with Crippen LogP contribution in [0.1, 0.15) is 10.4 Å².